The molecule has 0 aliphatic heterocycles. The third kappa shape index (κ3) is 12.8. The maximum Gasteiger partial charge on any atom is 0.297 e. The minimum absolute atomic E-state index is 0.0951. The highest BCUT2D eigenvalue weighted by Crippen LogP contribution is 2.13. The van der Waals surface area contributed by atoms with Crippen molar-refractivity contribution in [3.8, 4) is 0 Å². The van der Waals surface area contributed by atoms with E-state index in [1.807, 2.05) is 6.92 Å². The van der Waals surface area contributed by atoms with Gasteiger partial charge in [-0.3, -0.25) is 4.18 Å². The molecule has 1 aromatic rings. The van der Waals surface area contributed by atoms with Gasteiger partial charge in [0.15, 0.2) is 0 Å². The van der Waals surface area contributed by atoms with Gasteiger partial charge >= 0.3 is 0 Å². The quantitative estimate of drug-likeness (QED) is 0.195. The van der Waals surface area contributed by atoms with Crippen LogP contribution in [-0.2, 0) is 47.5 Å². The van der Waals surface area contributed by atoms with Crippen LogP contribution in [0, 0.1) is 6.92 Å². The van der Waals surface area contributed by atoms with Crippen molar-refractivity contribution in [2.45, 2.75) is 30.1 Å². The van der Waals surface area contributed by atoms with Crippen molar-refractivity contribution in [1.82, 2.24) is 0 Å². The van der Waals surface area contributed by atoms with E-state index < -0.39 is 10.1 Å². The molecule has 0 radical (unpaired) electrons. The average molecular weight is 495 g/mol. The summed E-state index contributed by atoms with van der Waals surface area (Å²) >= 11 is 0. The minimum Gasteiger partial charge on any atom is -0.382 e. The van der Waals surface area contributed by atoms with Gasteiger partial charge in [-0.15, -0.1) is 0 Å². The molecular weight excluding hydrogens is 456 g/mol. The van der Waals surface area contributed by atoms with Gasteiger partial charge in [0, 0.05) is 28.4 Å². The van der Waals surface area contributed by atoms with E-state index in [1.54, 1.807) is 40.6 Å². The molecule has 10 nitrogen and oxygen atoms in total. The monoisotopic (exact) mass is 494 g/mol. The Balaban J connectivity index is 2.22. The molecule has 0 N–H and O–H groups in total. The SMILES string of the molecule is COCC(COCC(COCC(COCCOS(=O)(=O)c1ccc(C)cc1)OC)OC)OC. The Kier molecular flexibility index (Phi) is 15.7. The summed E-state index contributed by atoms with van der Waals surface area (Å²) in [7, 11) is 2.54. The molecule has 0 fully saturated rings. The van der Waals surface area contributed by atoms with Crippen LogP contribution in [0.4, 0.5) is 0 Å². The van der Waals surface area contributed by atoms with E-state index in [0.29, 0.717) is 26.4 Å². The molecule has 1 rings (SSSR count). The van der Waals surface area contributed by atoms with Gasteiger partial charge in [0.2, 0.25) is 0 Å². The average Bonchev–Trinajstić information content (AvgIpc) is 2.81. The molecule has 0 saturated heterocycles. The zero-order chi connectivity index (χ0) is 24.5. The molecule has 0 saturated carbocycles. The third-order valence-electron chi connectivity index (χ3n) is 4.65. The second-order valence-electron chi connectivity index (χ2n) is 7.27. The maximum atomic E-state index is 12.1. The lowest BCUT2D eigenvalue weighted by atomic mass is 10.2. The summed E-state index contributed by atoms with van der Waals surface area (Å²) < 4.78 is 67.0. The maximum absolute atomic E-state index is 12.1. The van der Waals surface area contributed by atoms with E-state index in [-0.39, 0.29) is 49.6 Å². The Hall–Kier alpha value is -1.15. The first-order valence-electron chi connectivity index (χ1n) is 10.6. The Morgan fingerprint density at radius 3 is 1.58 bits per heavy atom. The first-order valence-corrected chi connectivity index (χ1v) is 12.0. The van der Waals surface area contributed by atoms with E-state index in [0.717, 1.165) is 5.56 Å². The standard InChI is InChI=1S/C22H38O10S/c1-18-6-8-22(9-7-18)33(23,24)32-11-10-29-13-20(27-4)15-31-17-21(28-5)16-30-14-19(26-3)12-25-2/h6-9,19-21H,10-17H2,1-5H3. The summed E-state index contributed by atoms with van der Waals surface area (Å²) in [4.78, 5) is 0.115. The van der Waals surface area contributed by atoms with Gasteiger partial charge in [-0.05, 0) is 19.1 Å². The third-order valence-corrected chi connectivity index (χ3v) is 5.97. The molecule has 0 amide bonds. The summed E-state index contributed by atoms with van der Waals surface area (Å²) in [5, 5.41) is 0. The molecule has 33 heavy (non-hydrogen) atoms. The lowest BCUT2D eigenvalue weighted by Gasteiger charge is -2.20. The molecule has 192 valence electrons. The number of benzene rings is 1. The van der Waals surface area contributed by atoms with Crippen molar-refractivity contribution in [2.24, 2.45) is 0 Å². The van der Waals surface area contributed by atoms with E-state index in [4.69, 9.17) is 37.3 Å². The molecule has 0 heterocycles. The summed E-state index contributed by atoms with van der Waals surface area (Å²) in [6.45, 7) is 3.89. The summed E-state index contributed by atoms with van der Waals surface area (Å²) in [5.74, 6) is 0. The first kappa shape index (κ1) is 29.9. The number of hydrogen-bond donors (Lipinski definition) is 0. The molecule has 0 spiro atoms. The number of aryl methyl sites for hydroxylation is 1. The van der Waals surface area contributed by atoms with Gasteiger partial charge in [-0.2, -0.15) is 8.42 Å². The van der Waals surface area contributed by atoms with E-state index in [9.17, 15) is 8.42 Å². The molecule has 1 aromatic carbocycles. The zero-order valence-electron chi connectivity index (χ0n) is 20.2. The van der Waals surface area contributed by atoms with Crippen molar-refractivity contribution in [3.63, 3.8) is 0 Å². The van der Waals surface area contributed by atoms with Crippen LogP contribution >= 0.6 is 0 Å². The topological polar surface area (TPSA) is 108 Å². The molecule has 3 unspecified atom stereocenters. The van der Waals surface area contributed by atoms with Crippen LogP contribution in [0.25, 0.3) is 0 Å². The molecule has 0 aliphatic rings. The molecule has 0 bridgehead atoms. The lowest BCUT2D eigenvalue weighted by Crippen LogP contribution is -2.31. The van der Waals surface area contributed by atoms with Crippen LogP contribution in [0.3, 0.4) is 0 Å². The molecule has 11 heteroatoms. The van der Waals surface area contributed by atoms with E-state index in [2.05, 4.69) is 0 Å². The van der Waals surface area contributed by atoms with Crippen molar-refractivity contribution in [2.75, 3.05) is 81.3 Å². The van der Waals surface area contributed by atoms with Crippen LogP contribution in [0.15, 0.2) is 29.2 Å². The Labute approximate surface area is 197 Å². The number of rotatable bonds is 20. The van der Waals surface area contributed by atoms with E-state index in [1.165, 1.54) is 12.1 Å². The summed E-state index contributed by atoms with van der Waals surface area (Å²) in [6, 6.07) is 6.46. The highest BCUT2D eigenvalue weighted by Gasteiger charge is 2.16. The smallest absolute Gasteiger partial charge is 0.297 e. The number of methoxy groups -OCH3 is 4. The fourth-order valence-corrected chi connectivity index (χ4v) is 3.48. The second-order valence-corrected chi connectivity index (χ2v) is 8.88. The molecule has 3 atom stereocenters. The van der Waals surface area contributed by atoms with Gasteiger partial charge < -0.3 is 33.2 Å². The fraction of sp³-hybridized carbons (Fsp3) is 0.727. The zero-order valence-corrected chi connectivity index (χ0v) is 21.0. The van der Waals surface area contributed by atoms with Gasteiger partial charge in [0.1, 0.15) is 18.3 Å². The predicted molar refractivity (Wildman–Crippen MR) is 121 cm³/mol. The van der Waals surface area contributed by atoms with Crippen LogP contribution in [-0.4, -0.2) is 108 Å². The van der Waals surface area contributed by atoms with Gasteiger partial charge in [-0.25, -0.2) is 0 Å². The fourth-order valence-electron chi connectivity index (χ4n) is 2.59. The lowest BCUT2D eigenvalue weighted by molar-refractivity contribution is -0.0905. The Morgan fingerprint density at radius 1 is 0.667 bits per heavy atom. The molecular formula is C22H38O10S. The summed E-state index contributed by atoms with van der Waals surface area (Å²) in [6.07, 6.45) is -0.708. The van der Waals surface area contributed by atoms with Crippen LogP contribution in [0.2, 0.25) is 0 Å². The molecule has 0 aliphatic carbocycles. The van der Waals surface area contributed by atoms with Crippen LogP contribution in [0.5, 0.6) is 0 Å². The van der Waals surface area contributed by atoms with E-state index >= 15 is 0 Å². The van der Waals surface area contributed by atoms with Crippen molar-refractivity contribution in [1.29, 1.82) is 0 Å². The minimum atomic E-state index is -3.80. The highest BCUT2D eigenvalue weighted by molar-refractivity contribution is 7.86. The van der Waals surface area contributed by atoms with Gasteiger partial charge in [0.05, 0.1) is 57.8 Å². The number of ether oxygens (including phenoxy) is 7. The van der Waals surface area contributed by atoms with Crippen LogP contribution in [0.1, 0.15) is 5.56 Å². The Morgan fingerprint density at radius 2 is 1.12 bits per heavy atom. The van der Waals surface area contributed by atoms with Crippen molar-refractivity contribution < 1.29 is 45.8 Å². The van der Waals surface area contributed by atoms with Gasteiger partial charge in [0.25, 0.3) is 10.1 Å². The second kappa shape index (κ2) is 17.3. The van der Waals surface area contributed by atoms with Crippen LogP contribution < -0.4 is 0 Å². The van der Waals surface area contributed by atoms with Crippen molar-refractivity contribution in [3.05, 3.63) is 29.8 Å². The summed E-state index contributed by atoms with van der Waals surface area (Å²) in [5.41, 5.74) is 0.969. The Bertz CT molecular complexity index is 710. The predicted octanol–water partition coefficient (Wildman–Crippen LogP) is 1.44. The first-order chi connectivity index (χ1) is 15.9. The molecule has 0 aromatic heterocycles. The number of hydrogen-bond acceptors (Lipinski definition) is 10. The normalized spacial score (nSPS) is 14.8. The van der Waals surface area contributed by atoms with Gasteiger partial charge in [-0.1, -0.05) is 17.7 Å². The van der Waals surface area contributed by atoms with Crippen molar-refractivity contribution >= 4 is 10.1 Å². The largest absolute Gasteiger partial charge is 0.382 e. The highest BCUT2D eigenvalue weighted by atomic mass is 32.2.